The van der Waals surface area contributed by atoms with Crippen molar-refractivity contribution in [2.45, 2.75) is 90.9 Å². The number of unbranched alkanes of at least 4 members (excludes halogenated alkanes) is 10. The van der Waals surface area contributed by atoms with Gasteiger partial charge >= 0.3 is 0 Å². The molecule has 0 N–H and O–H groups in total. The molecule has 0 aliphatic rings. The van der Waals surface area contributed by atoms with E-state index in [1.165, 1.54) is 64.2 Å². The van der Waals surface area contributed by atoms with Crippen LogP contribution in [0.2, 0.25) is 0 Å². The van der Waals surface area contributed by atoms with Gasteiger partial charge in [0.2, 0.25) is 0 Å². The highest BCUT2D eigenvalue weighted by Crippen LogP contribution is 2.46. The van der Waals surface area contributed by atoms with E-state index < -0.39 is 0 Å². The number of hydrogen-bond acceptors (Lipinski definition) is 2. The van der Waals surface area contributed by atoms with Gasteiger partial charge in [0, 0.05) is 22.3 Å². The molecule has 0 aromatic heterocycles. The zero-order valence-corrected chi connectivity index (χ0v) is 25.6. The maximum absolute atomic E-state index is 6.56. The highest BCUT2D eigenvalue weighted by atomic mass is 16.5. The SMILES string of the molecule is C#Cc1ccc2c(-c3c(OCCCCCCCC)ccc4cc(C#C)ccc34)c(OCCCCCCCC)ccc2c1. The number of fused-ring (bicyclic) bond motifs is 2. The molecule has 218 valence electrons. The Morgan fingerprint density at radius 1 is 0.500 bits per heavy atom. The largest absolute Gasteiger partial charge is 0.493 e. The fourth-order valence-electron chi connectivity index (χ4n) is 5.68. The van der Waals surface area contributed by atoms with E-state index in [1.807, 2.05) is 12.1 Å². The lowest BCUT2D eigenvalue weighted by Crippen LogP contribution is -2.03. The summed E-state index contributed by atoms with van der Waals surface area (Å²) < 4.78 is 13.1. The minimum absolute atomic E-state index is 0.688. The molecule has 0 amide bonds. The normalized spacial score (nSPS) is 11.0. The van der Waals surface area contributed by atoms with E-state index in [4.69, 9.17) is 22.3 Å². The first kappa shape index (κ1) is 31.1. The monoisotopic (exact) mass is 558 g/mol. The first-order valence-corrected chi connectivity index (χ1v) is 16.0. The maximum Gasteiger partial charge on any atom is 0.127 e. The number of hydrogen-bond donors (Lipinski definition) is 0. The van der Waals surface area contributed by atoms with Gasteiger partial charge < -0.3 is 9.47 Å². The van der Waals surface area contributed by atoms with Crippen LogP contribution >= 0.6 is 0 Å². The van der Waals surface area contributed by atoms with Crippen molar-refractivity contribution in [1.82, 2.24) is 0 Å². The minimum atomic E-state index is 0.688. The van der Waals surface area contributed by atoms with Crippen LogP contribution in [-0.2, 0) is 0 Å². The van der Waals surface area contributed by atoms with Crippen molar-refractivity contribution >= 4 is 21.5 Å². The van der Waals surface area contributed by atoms with E-state index in [0.29, 0.717) is 13.2 Å². The second-order valence-electron chi connectivity index (χ2n) is 11.3. The lowest BCUT2D eigenvalue weighted by atomic mass is 9.91. The molecule has 42 heavy (non-hydrogen) atoms. The van der Waals surface area contributed by atoms with Crippen LogP contribution in [0.3, 0.4) is 0 Å². The fourth-order valence-corrected chi connectivity index (χ4v) is 5.68. The number of ether oxygens (including phenoxy) is 2. The van der Waals surface area contributed by atoms with Crippen LogP contribution < -0.4 is 9.47 Å². The van der Waals surface area contributed by atoms with Crippen LogP contribution in [0.4, 0.5) is 0 Å². The number of rotatable bonds is 17. The Labute approximate surface area is 253 Å². The average molecular weight is 559 g/mol. The molecule has 2 heteroatoms. The van der Waals surface area contributed by atoms with Crippen molar-refractivity contribution in [2.24, 2.45) is 0 Å². The zero-order chi connectivity index (χ0) is 29.6. The summed E-state index contributed by atoms with van der Waals surface area (Å²) in [5.41, 5.74) is 3.84. The molecular formula is C40H46O2. The van der Waals surface area contributed by atoms with Gasteiger partial charge in [-0.2, -0.15) is 0 Å². The summed E-state index contributed by atoms with van der Waals surface area (Å²) in [5, 5.41) is 4.39. The third-order valence-corrected chi connectivity index (χ3v) is 8.06. The molecule has 0 bridgehead atoms. The molecule has 0 radical (unpaired) electrons. The highest BCUT2D eigenvalue weighted by Gasteiger charge is 2.19. The van der Waals surface area contributed by atoms with Gasteiger partial charge in [0.15, 0.2) is 0 Å². The number of terminal acetylenes is 2. The van der Waals surface area contributed by atoms with E-state index >= 15 is 0 Å². The lowest BCUT2D eigenvalue weighted by Gasteiger charge is -2.20. The third-order valence-electron chi connectivity index (χ3n) is 8.06. The molecule has 0 heterocycles. The molecule has 0 saturated carbocycles. The predicted molar refractivity (Wildman–Crippen MR) is 181 cm³/mol. The summed E-state index contributed by atoms with van der Waals surface area (Å²) in [4.78, 5) is 0. The first-order chi connectivity index (χ1) is 20.7. The Hall–Kier alpha value is -3.88. The van der Waals surface area contributed by atoms with Gasteiger partial charge in [0.25, 0.3) is 0 Å². The van der Waals surface area contributed by atoms with Crippen molar-refractivity contribution in [3.8, 4) is 47.3 Å². The second kappa shape index (κ2) is 16.5. The van der Waals surface area contributed by atoms with Crippen LogP contribution in [0.1, 0.15) is 102 Å². The molecule has 4 aromatic rings. The van der Waals surface area contributed by atoms with E-state index in [2.05, 4.69) is 74.2 Å². The predicted octanol–water partition coefficient (Wildman–Crippen LogP) is 11.1. The van der Waals surface area contributed by atoms with Crippen molar-refractivity contribution in [2.75, 3.05) is 13.2 Å². The molecule has 2 nitrogen and oxygen atoms in total. The van der Waals surface area contributed by atoms with Crippen molar-refractivity contribution in [1.29, 1.82) is 0 Å². The van der Waals surface area contributed by atoms with Crippen LogP contribution in [0.15, 0.2) is 60.7 Å². The fraction of sp³-hybridized carbons (Fsp3) is 0.400. The summed E-state index contributed by atoms with van der Waals surface area (Å²) in [6.07, 6.45) is 26.2. The quantitative estimate of drug-likeness (QED) is 0.0948. The number of benzene rings is 4. The summed E-state index contributed by atoms with van der Waals surface area (Å²) in [6.45, 7) is 5.88. The molecule has 4 aromatic carbocycles. The van der Waals surface area contributed by atoms with Crippen molar-refractivity contribution < 1.29 is 9.47 Å². The molecule has 0 fully saturated rings. The first-order valence-electron chi connectivity index (χ1n) is 16.0. The standard InChI is InChI=1S/C40H46O2/c1-5-9-11-13-15-17-27-41-37-25-21-33-29-31(7-3)19-23-35(33)39(37)40-36-24-20-32(8-4)30-34(36)22-26-38(40)42-28-18-16-14-12-10-6-2/h3-4,19-26,29-30H,5-6,9-18,27-28H2,1-2H3. The van der Waals surface area contributed by atoms with Gasteiger partial charge in [-0.05, 0) is 70.8 Å². The smallest absolute Gasteiger partial charge is 0.127 e. The van der Waals surface area contributed by atoms with Crippen LogP contribution in [-0.4, -0.2) is 13.2 Å². The summed E-state index contributed by atoms with van der Waals surface area (Å²) >= 11 is 0. The molecule has 0 spiro atoms. The van der Waals surface area contributed by atoms with Gasteiger partial charge in [0.1, 0.15) is 11.5 Å². The highest BCUT2D eigenvalue weighted by molar-refractivity contribution is 6.10. The molecule has 0 aliphatic heterocycles. The lowest BCUT2D eigenvalue weighted by molar-refractivity contribution is 0.302. The molecular weight excluding hydrogens is 512 g/mol. The topological polar surface area (TPSA) is 18.5 Å². The Balaban J connectivity index is 1.74. The summed E-state index contributed by atoms with van der Waals surface area (Å²) in [6, 6.07) is 20.9. The average Bonchev–Trinajstić information content (AvgIpc) is 3.03. The minimum Gasteiger partial charge on any atom is -0.493 e. The van der Waals surface area contributed by atoms with Crippen LogP contribution in [0.25, 0.3) is 32.7 Å². The van der Waals surface area contributed by atoms with E-state index in [0.717, 1.165) is 68.1 Å². The molecule has 0 unspecified atom stereocenters. The third kappa shape index (κ3) is 8.11. The molecule has 0 saturated heterocycles. The zero-order valence-electron chi connectivity index (χ0n) is 25.6. The van der Waals surface area contributed by atoms with Crippen molar-refractivity contribution in [3.05, 3.63) is 71.8 Å². The Bertz CT molecular complexity index is 1410. The van der Waals surface area contributed by atoms with E-state index in [1.54, 1.807) is 0 Å². The van der Waals surface area contributed by atoms with E-state index in [9.17, 15) is 0 Å². The van der Waals surface area contributed by atoms with E-state index in [-0.39, 0.29) is 0 Å². The van der Waals surface area contributed by atoms with Gasteiger partial charge in [0.05, 0.1) is 13.2 Å². The van der Waals surface area contributed by atoms with Crippen LogP contribution in [0.5, 0.6) is 11.5 Å². The Morgan fingerprint density at radius 3 is 1.31 bits per heavy atom. The van der Waals surface area contributed by atoms with Gasteiger partial charge in [-0.3, -0.25) is 0 Å². The second-order valence-corrected chi connectivity index (χ2v) is 11.3. The maximum atomic E-state index is 6.56. The van der Waals surface area contributed by atoms with Gasteiger partial charge in [-0.1, -0.05) is 114 Å². The molecule has 4 rings (SSSR count). The summed E-state index contributed by atoms with van der Waals surface area (Å²) in [7, 11) is 0. The molecule has 0 atom stereocenters. The van der Waals surface area contributed by atoms with Gasteiger partial charge in [-0.25, -0.2) is 0 Å². The van der Waals surface area contributed by atoms with Crippen molar-refractivity contribution in [3.63, 3.8) is 0 Å². The Kier molecular flexibility index (Phi) is 12.2. The van der Waals surface area contributed by atoms with Gasteiger partial charge in [-0.15, -0.1) is 12.8 Å². The van der Waals surface area contributed by atoms with Crippen LogP contribution in [0, 0.1) is 24.7 Å². The Morgan fingerprint density at radius 2 is 0.905 bits per heavy atom. The molecule has 0 aliphatic carbocycles. The summed E-state index contributed by atoms with van der Waals surface area (Å²) in [5.74, 6) is 7.33.